The smallest absolute Gasteiger partial charge is 0.243 e. The van der Waals surface area contributed by atoms with Gasteiger partial charge in [-0.2, -0.15) is 4.31 Å². The Morgan fingerprint density at radius 1 is 0.973 bits per heavy atom. The summed E-state index contributed by atoms with van der Waals surface area (Å²) in [5.41, 5.74) is 0.450. The number of benzene rings is 3. The van der Waals surface area contributed by atoms with Gasteiger partial charge in [-0.15, -0.1) is 0 Å². The lowest BCUT2D eigenvalue weighted by atomic mass is 9.76. The average Bonchev–Trinajstić information content (AvgIpc) is 3.17. The van der Waals surface area contributed by atoms with E-state index in [-0.39, 0.29) is 40.5 Å². The van der Waals surface area contributed by atoms with Gasteiger partial charge in [0.1, 0.15) is 17.2 Å². The second-order valence-corrected chi connectivity index (χ2v) is 11.9. The molecule has 192 valence electrons. The number of nitrogens with zero attached hydrogens (tertiary/aromatic N) is 1. The Kier molecular flexibility index (Phi) is 6.91. The van der Waals surface area contributed by atoms with E-state index in [4.69, 9.17) is 17.0 Å². The van der Waals surface area contributed by atoms with Gasteiger partial charge in [-0.1, -0.05) is 72.3 Å². The van der Waals surface area contributed by atoms with Crippen LogP contribution in [0.2, 0.25) is 5.02 Å². The normalized spacial score (nSPS) is 20.6. The van der Waals surface area contributed by atoms with E-state index >= 15 is 0 Å². The Bertz CT molecular complexity index is 1390. The van der Waals surface area contributed by atoms with Crippen LogP contribution in [-0.4, -0.2) is 37.4 Å². The van der Waals surface area contributed by atoms with E-state index in [0.717, 1.165) is 23.3 Å². The number of amidine groups is 1. The fourth-order valence-electron chi connectivity index (χ4n) is 5.44. The molecule has 3 aromatic rings. The third-order valence-electron chi connectivity index (χ3n) is 7.44. The van der Waals surface area contributed by atoms with Crippen molar-refractivity contribution in [2.75, 3.05) is 13.1 Å². The SMILES string of the molecule is N=C1NC(c2ccccc2)(c2ccccc2)C(=O)C1CC1CCN(S(=O)(=O)c2ccc(F)c(Cl)c2)CC1. The van der Waals surface area contributed by atoms with Crippen molar-refractivity contribution >= 4 is 33.2 Å². The molecule has 0 saturated carbocycles. The average molecular weight is 540 g/mol. The van der Waals surface area contributed by atoms with Crippen LogP contribution in [0.15, 0.2) is 83.8 Å². The summed E-state index contributed by atoms with van der Waals surface area (Å²) >= 11 is 5.80. The van der Waals surface area contributed by atoms with Gasteiger partial charge in [0.25, 0.3) is 0 Å². The van der Waals surface area contributed by atoms with E-state index in [1.54, 1.807) is 0 Å². The van der Waals surface area contributed by atoms with Crippen LogP contribution in [0.1, 0.15) is 30.4 Å². The molecule has 0 spiro atoms. The number of carbonyl (C=O) groups excluding carboxylic acids is 1. The maximum atomic E-state index is 14.0. The van der Waals surface area contributed by atoms with Crippen LogP contribution in [0.5, 0.6) is 0 Å². The number of nitrogens with one attached hydrogen (secondary N) is 2. The fourth-order valence-corrected chi connectivity index (χ4v) is 7.19. The Labute approximate surface area is 221 Å². The number of halogens is 2. The zero-order valence-corrected chi connectivity index (χ0v) is 21.6. The van der Waals surface area contributed by atoms with Gasteiger partial charge in [0.2, 0.25) is 10.0 Å². The molecular formula is C28H27ClFN3O3S. The molecule has 2 fully saturated rings. The highest BCUT2D eigenvalue weighted by atomic mass is 35.5. The monoisotopic (exact) mass is 539 g/mol. The maximum Gasteiger partial charge on any atom is 0.243 e. The Hall–Kier alpha value is -3.07. The van der Waals surface area contributed by atoms with E-state index in [0.29, 0.717) is 19.3 Å². The number of hydrogen-bond acceptors (Lipinski definition) is 4. The molecule has 2 aliphatic heterocycles. The number of carbonyl (C=O) groups is 1. The number of Topliss-reactive ketones (excluding diaryl/α,β-unsaturated/α-hetero) is 1. The molecule has 1 unspecified atom stereocenters. The van der Waals surface area contributed by atoms with Crippen LogP contribution in [0.25, 0.3) is 0 Å². The first-order valence-corrected chi connectivity index (χ1v) is 14.0. The third kappa shape index (κ3) is 4.58. The van der Waals surface area contributed by atoms with Crippen LogP contribution >= 0.6 is 11.6 Å². The van der Waals surface area contributed by atoms with Gasteiger partial charge in [0.05, 0.1) is 15.8 Å². The molecule has 0 amide bonds. The minimum atomic E-state index is -3.80. The molecule has 6 nitrogen and oxygen atoms in total. The van der Waals surface area contributed by atoms with Gasteiger partial charge in [0, 0.05) is 13.1 Å². The highest BCUT2D eigenvalue weighted by Gasteiger charge is 2.53. The second-order valence-electron chi connectivity index (χ2n) is 9.60. The summed E-state index contributed by atoms with van der Waals surface area (Å²) < 4.78 is 41.0. The Morgan fingerprint density at radius 2 is 1.54 bits per heavy atom. The van der Waals surface area contributed by atoms with Gasteiger partial charge < -0.3 is 5.32 Å². The van der Waals surface area contributed by atoms with Crippen molar-refractivity contribution in [2.45, 2.75) is 29.7 Å². The Morgan fingerprint density at radius 3 is 2.08 bits per heavy atom. The highest BCUT2D eigenvalue weighted by molar-refractivity contribution is 7.89. The minimum absolute atomic E-state index is 0.0372. The van der Waals surface area contributed by atoms with E-state index in [1.165, 1.54) is 10.4 Å². The molecule has 1 atom stereocenters. The molecule has 0 aliphatic carbocycles. The van der Waals surface area contributed by atoms with E-state index in [1.807, 2.05) is 60.7 Å². The predicted molar refractivity (Wildman–Crippen MR) is 141 cm³/mol. The summed E-state index contributed by atoms with van der Waals surface area (Å²) in [7, 11) is -3.80. The molecule has 2 N–H and O–H groups in total. The van der Waals surface area contributed by atoms with Gasteiger partial charge >= 0.3 is 0 Å². The molecule has 3 aromatic carbocycles. The van der Waals surface area contributed by atoms with Gasteiger partial charge in [0.15, 0.2) is 5.78 Å². The van der Waals surface area contributed by atoms with Crippen LogP contribution in [0, 0.1) is 23.1 Å². The lowest BCUT2D eigenvalue weighted by molar-refractivity contribution is -0.124. The van der Waals surface area contributed by atoms with Crippen LogP contribution in [-0.2, 0) is 20.4 Å². The van der Waals surface area contributed by atoms with E-state index in [9.17, 15) is 17.6 Å². The van der Waals surface area contributed by atoms with Crippen molar-refractivity contribution < 1.29 is 17.6 Å². The maximum absolute atomic E-state index is 14.0. The summed E-state index contributed by atoms with van der Waals surface area (Å²) in [5.74, 6) is -1.07. The zero-order valence-electron chi connectivity index (χ0n) is 20.0. The number of rotatable bonds is 6. The summed E-state index contributed by atoms with van der Waals surface area (Å²) in [6.45, 7) is 0.568. The van der Waals surface area contributed by atoms with Crippen LogP contribution in [0.3, 0.4) is 0 Å². The summed E-state index contributed by atoms with van der Waals surface area (Å²) in [6, 6.07) is 22.3. The number of sulfonamides is 1. The second kappa shape index (κ2) is 10.0. The van der Waals surface area contributed by atoms with Crippen LogP contribution < -0.4 is 5.32 Å². The third-order valence-corrected chi connectivity index (χ3v) is 9.63. The minimum Gasteiger partial charge on any atom is -0.354 e. The van der Waals surface area contributed by atoms with Gasteiger partial charge in [-0.25, -0.2) is 12.8 Å². The molecule has 37 heavy (non-hydrogen) atoms. The number of piperidine rings is 1. The summed E-state index contributed by atoms with van der Waals surface area (Å²) in [5, 5.41) is 11.7. The quantitative estimate of drug-likeness (QED) is 0.462. The van der Waals surface area contributed by atoms with Crippen molar-refractivity contribution in [3.8, 4) is 0 Å². The first-order valence-electron chi connectivity index (χ1n) is 12.2. The number of hydrogen-bond donors (Lipinski definition) is 2. The number of ketones is 1. The molecule has 0 aromatic heterocycles. The van der Waals surface area contributed by atoms with Crippen molar-refractivity contribution in [2.24, 2.45) is 11.8 Å². The predicted octanol–water partition coefficient (Wildman–Crippen LogP) is 4.98. The summed E-state index contributed by atoms with van der Waals surface area (Å²) in [6.07, 6.45) is 1.60. The first kappa shape index (κ1) is 25.6. The van der Waals surface area contributed by atoms with Crippen LogP contribution in [0.4, 0.5) is 4.39 Å². The van der Waals surface area contributed by atoms with E-state index in [2.05, 4.69) is 5.32 Å². The molecule has 2 heterocycles. The first-order chi connectivity index (χ1) is 17.7. The fraction of sp³-hybridized carbons (Fsp3) is 0.286. The molecule has 2 saturated heterocycles. The highest BCUT2D eigenvalue weighted by Crippen LogP contribution is 2.41. The van der Waals surface area contributed by atoms with E-state index < -0.39 is 27.3 Å². The Balaban J connectivity index is 1.33. The largest absolute Gasteiger partial charge is 0.354 e. The molecule has 2 aliphatic rings. The van der Waals surface area contributed by atoms with Gasteiger partial charge in [-0.05, 0) is 54.5 Å². The lowest BCUT2D eigenvalue weighted by Crippen LogP contribution is -2.44. The van der Waals surface area contributed by atoms with Crippen molar-refractivity contribution in [3.05, 3.63) is 101 Å². The molecule has 0 bridgehead atoms. The molecule has 9 heteroatoms. The molecular weight excluding hydrogens is 513 g/mol. The van der Waals surface area contributed by atoms with Gasteiger partial charge in [-0.3, -0.25) is 10.2 Å². The zero-order chi connectivity index (χ0) is 26.2. The topological polar surface area (TPSA) is 90.3 Å². The standard InChI is InChI=1S/C28H27ClFN3O3S/c29-24-18-22(11-12-25(24)30)37(35,36)33-15-13-19(14-16-33)17-23-26(34)28(32-27(23)31,20-7-3-1-4-8-20)21-9-5-2-6-10-21/h1-12,18-19,23H,13-17H2,(H2,31,32). The van der Waals surface area contributed by atoms with Crippen molar-refractivity contribution in [1.82, 2.24) is 9.62 Å². The summed E-state index contributed by atoms with van der Waals surface area (Å²) in [4.78, 5) is 14.0. The molecule has 5 rings (SSSR count). The lowest BCUT2D eigenvalue weighted by Gasteiger charge is -2.32. The van der Waals surface area contributed by atoms with Crippen molar-refractivity contribution in [3.63, 3.8) is 0 Å². The molecule has 0 radical (unpaired) electrons. The van der Waals surface area contributed by atoms with Crippen molar-refractivity contribution in [1.29, 1.82) is 5.41 Å².